The van der Waals surface area contributed by atoms with Crippen LogP contribution in [0.3, 0.4) is 0 Å². The van der Waals surface area contributed by atoms with Crippen LogP contribution in [0.5, 0.6) is 0 Å². The lowest BCUT2D eigenvalue weighted by atomic mass is 9.91. The Bertz CT molecular complexity index is 325. The van der Waals surface area contributed by atoms with Crippen LogP contribution in [-0.4, -0.2) is 37.2 Å². The van der Waals surface area contributed by atoms with Crippen molar-refractivity contribution in [2.45, 2.75) is 40.7 Å². The largest absolute Gasteiger partial charge is 0.466 e. The minimum atomic E-state index is -0.549. The molecular weight excluding hydrogens is 252 g/mol. The molecule has 0 N–H and O–H groups in total. The van der Waals surface area contributed by atoms with Gasteiger partial charge < -0.3 is 14.2 Å². The molecule has 0 aromatic heterocycles. The van der Waals surface area contributed by atoms with Crippen LogP contribution in [0, 0.1) is 11.8 Å². The van der Waals surface area contributed by atoms with Crippen molar-refractivity contribution in [3.05, 3.63) is 0 Å². The molecule has 6 nitrogen and oxygen atoms in total. The van der Waals surface area contributed by atoms with Gasteiger partial charge in [-0.3, -0.25) is 14.4 Å². The van der Waals surface area contributed by atoms with E-state index in [-0.39, 0.29) is 31.0 Å². The maximum absolute atomic E-state index is 11.0. The van der Waals surface area contributed by atoms with Gasteiger partial charge in [0.2, 0.25) is 0 Å². The smallest absolute Gasteiger partial charge is 0.303 e. The molecule has 19 heavy (non-hydrogen) atoms. The second-order valence-corrected chi connectivity index (χ2v) is 4.59. The first-order valence-electron chi connectivity index (χ1n) is 6.18. The molecular formula is C13H22O6. The number of esters is 3. The highest BCUT2D eigenvalue weighted by atomic mass is 16.6. The van der Waals surface area contributed by atoms with Crippen LogP contribution in [0.15, 0.2) is 0 Å². The average molecular weight is 274 g/mol. The van der Waals surface area contributed by atoms with Crippen molar-refractivity contribution in [2.75, 3.05) is 13.2 Å². The number of rotatable bonds is 7. The summed E-state index contributed by atoms with van der Waals surface area (Å²) in [6, 6.07) is 0. The molecule has 0 saturated heterocycles. The SMILES string of the molecule is CC(=O)OC[C@@H](C)[C@@H](C)[C@@H](COC(C)=O)OC(C)=O. The van der Waals surface area contributed by atoms with Crippen molar-refractivity contribution in [2.24, 2.45) is 11.8 Å². The Balaban J connectivity index is 4.49. The highest BCUT2D eigenvalue weighted by Gasteiger charge is 2.27. The Kier molecular flexibility index (Phi) is 7.79. The molecule has 0 aliphatic rings. The molecule has 0 unspecified atom stereocenters. The molecule has 0 heterocycles. The van der Waals surface area contributed by atoms with Gasteiger partial charge >= 0.3 is 17.9 Å². The van der Waals surface area contributed by atoms with Gasteiger partial charge in [0.15, 0.2) is 0 Å². The lowest BCUT2D eigenvalue weighted by molar-refractivity contribution is -0.161. The van der Waals surface area contributed by atoms with E-state index in [4.69, 9.17) is 14.2 Å². The Morgan fingerprint density at radius 1 is 0.842 bits per heavy atom. The third-order valence-electron chi connectivity index (χ3n) is 2.80. The van der Waals surface area contributed by atoms with E-state index in [0.29, 0.717) is 0 Å². The first kappa shape index (κ1) is 17.4. The van der Waals surface area contributed by atoms with Gasteiger partial charge in [0.25, 0.3) is 0 Å². The van der Waals surface area contributed by atoms with Crippen LogP contribution in [0.1, 0.15) is 34.6 Å². The minimum Gasteiger partial charge on any atom is -0.466 e. The highest BCUT2D eigenvalue weighted by molar-refractivity contribution is 5.67. The summed E-state index contributed by atoms with van der Waals surface area (Å²) in [5, 5.41) is 0. The quantitative estimate of drug-likeness (QED) is 0.514. The molecule has 0 saturated carbocycles. The van der Waals surface area contributed by atoms with E-state index in [2.05, 4.69) is 0 Å². The molecule has 0 rings (SSSR count). The molecule has 0 aliphatic carbocycles. The molecule has 3 atom stereocenters. The van der Waals surface area contributed by atoms with Gasteiger partial charge in [0.05, 0.1) is 6.61 Å². The molecule has 0 aromatic rings. The van der Waals surface area contributed by atoms with Crippen molar-refractivity contribution in [3.8, 4) is 0 Å². The van der Waals surface area contributed by atoms with Crippen molar-refractivity contribution in [3.63, 3.8) is 0 Å². The monoisotopic (exact) mass is 274 g/mol. The lowest BCUT2D eigenvalue weighted by Crippen LogP contribution is -2.35. The summed E-state index contributed by atoms with van der Waals surface area (Å²) in [6.07, 6.45) is -0.549. The normalized spacial score (nSPS) is 15.0. The number of carbonyl (C=O) groups is 3. The molecule has 0 amide bonds. The van der Waals surface area contributed by atoms with E-state index >= 15 is 0 Å². The third-order valence-corrected chi connectivity index (χ3v) is 2.80. The van der Waals surface area contributed by atoms with E-state index < -0.39 is 18.0 Å². The summed E-state index contributed by atoms with van der Waals surface area (Å²) in [4.78, 5) is 32.6. The predicted molar refractivity (Wildman–Crippen MR) is 67.1 cm³/mol. The van der Waals surface area contributed by atoms with Crippen molar-refractivity contribution in [1.82, 2.24) is 0 Å². The minimum absolute atomic E-state index is 0.000488. The van der Waals surface area contributed by atoms with Crippen LogP contribution in [0.25, 0.3) is 0 Å². The van der Waals surface area contributed by atoms with Gasteiger partial charge in [-0.25, -0.2) is 0 Å². The second-order valence-electron chi connectivity index (χ2n) is 4.59. The zero-order valence-corrected chi connectivity index (χ0v) is 12.1. The fraction of sp³-hybridized carbons (Fsp3) is 0.769. The summed E-state index contributed by atoms with van der Waals surface area (Å²) < 4.78 is 14.9. The number of hydrogen-bond acceptors (Lipinski definition) is 6. The fourth-order valence-corrected chi connectivity index (χ4v) is 1.47. The van der Waals surface area contributed by atoms with Crippen molar-refractivity contribution < 1.29 is 28.6 Å². The maximum atomic E-state index is 11.0. The zero-order chi connectivity index (χ0) is 15.0. The highest BCUT2D eigenvalue weighted by Crippen LogP contribution is 2.19. The van der Waals surface area contributed by atoms with Gasteiger partial charge in [-0.2, -0.15) is 0 Å². The lowest BCUT2D eigenvalue weighted by Gasteiger charge is -2.27. The molecule has 0 fully saturated rings. The van der Waals surface area contributed by atoms with Gasteiger partial charge in [-0.1, -0.05) is 13.8 Å². The molecule has 0 bridgehead atoms. The second kappa shape index (κ2) is 8.50. The summed E-state index contributed by atoms with van der Waals surface area (Å²) in [7, 11) is 0. The number of ether oxygens (including phenoxy) is 3. The molecule has 0 radical (unpaired) electrons. The van der Waals surface area contributed by atoms with E-state index in [1.165, 1.54) is 20.8 Å². The van der Waals surface area contributed by atoms with E-state index in [9.17, 15) is 14.4 Å². The first-order chi connectivity index (χ1) is 8.73. The zero-order valence-electron chi connectivity index (χ0n) is 12.1. The predicted octanol–water partition coefficient (Wildman–Crippen LogP) is 1.32. The molecule has 0 spiro atoms. The third kappa shape index (κ3) is 8.18. The van der Waals surface area contributed by atoms with Crippen molar-refractivity contribution >= 4 is 17.9 Å². The molecule has 0 aliphatic heterocycles. The van der Waals surface area contributed by atoms with E-state index in [0.717, 1.165) is 0 Å². The topological polar surface area (TPSA) is 78.9 Å². The summed E-state index contributed by atoms with van der Waals surface area (Å²) >= 11 is 0. The van der Waals surface area contributed by atoms with E-state index in [1.807, 2.05) is 13.8 Å². The Hall–Kier alpha value is -1.59. The average Bonchev–Trinajstić information content (AvgIpc) is 2.29. The number of carbonyl (C=O) groups excluding carboxylic acids is 3. The van der Waals surface area contributed by atoms with Crippen LogP contribution < -0.4 is 0 Å². The summed E-state index contributed by atoms with van der Waals surface area (Å²) in [5.74, 6) is -1.37. The first-order valence-corrected chi connectivity index (χ1v) is 6.18. The van der Waals surface area contributed by atoms with Crippen molar-refractivity contribution in [1.29, 1.82) is 0 Å². The van der Waals surface area contributed by atoms with Gasteiger partial charge in [0, 0.05) is 26.7 Å². The number of hydrogen-bond donors (Lipinski definition) is 0. The van der Waals surface area contributed by atoms with Crippen LogP contribution in [0.2, 0.25) is 0 Å². The standard InChI is InChI=1S/C13H22O6/c1-8(6-17-10(3)14)9(2)13(19-12(5)16)7-18-11(4)15/h8-9,13H,6-7H2,1-5H3/t8-,9-,13-/m1/s1. The molecule has 6 heteroatoms. The Labute approximate surface area is 113 Å². The van der Waals surface area contributed by atoms with Gasteiger partial charge in [-0.05, 0) is 5.92 Å². The Morgan fingerprint density at radius 2 is 1.32 bits per heavy atom. The maximum Gasteiger partial charge on any atom is 0.303 e. The molecule has 110 valence electrons. The summed E-state index contributed by atoms with van der Waals surface area (Å²) in [6.45, 7) is 7.87. The van der Waals surface area contributed by atoms with Crippen LogP contribution in [-0.2, 0) is 28.6 Å². The molecule has 0 aromatic carbocycles. The van der Waals surface area contributed by atoms with E-state index in [1.54, 1.807) is 0 Å². The summed E-state index contributed by atoms with van der Waals surface area (Å²) in [5.41, 5.74) is 0. The van der Waals surface area contributed by atoms with Crippen LogP contribution in [0.4, 0.5) is 0 Å². The Morgan fingerprint density at radius 3 is 1.74 bits per heavy atom. The van der Waals surface area contributed by atoms with Gasteiger partial charge in [-0.15, -0.1) is 0 Å². The fourth-order valence-electron chi connectivity index (χ4n) is 1.47. The van der Waals surface area contributed by atoms with Crippen LogP contribution >= 0.6 is 0 Å². The van der Waals surface area contributed by atoms with Gasteiger partial charge in [0.1, 0.15) is 12.7 Å².